The summed E-state index contributed by atoms with van der Waals surface area (Å²) in [6, 6.07) is 8.82. The highest BCUT2D eigenvalue weighted by Gasteiger charge is 2.06. The van der Waals surface area contributed by atoms with Gasteiger partial charge in [0.25, 0.3) is 0 Å². The molecule has 0 unspecified atom stereocenters. The number of esters is 1. The van der Waals surface area contributed by atoms with Gasteiger partial charge in [-0.1, -0.05) is 12.1 Å². The molecule has 2 rings (SSSR count). The SMILES string of the molecule is CC(=O)OCn1c(C)cc(=O)c2ccccc21. The molecule has 0 saturated carbocycles. The van der Waals surface area contributed by atoms with E-state index in [1.54, 1.807) is 16.7 Å². The number of rotatable bonds is 2. The fourth-order valence-corrected chi connectivity index (χ4v) is 1.78. The lowest BCUT2D eigenvalue weighted by molar-refractivity contribution is -0.144. The summed E-state index contributed by atoms with van der Waals surface area (Å²) >= 11 is 0. The Kier molecular flexibility index (Phi) is 2.95. The van der Waals surface area contributed by atoms with Gasteiger partial charge in [-0.3, -0.25) is 9.59 Å². The van der Waals surface area contributed by atoms with Crippen LogP contribution < -0.4 is 5.43 Å². The van der Waals surface area contributed by atoms with Crippen molar-refractivity contribution >= 4 is 16.9 Å². The molecular formula is C13H13NO3. The van der Waals surface area contributed by atoms with Crippen molar-refractivity contribution in [2.45, 2.75) is 20.6 Å². The highest BCUT2D eigenvalue weighted by atomic mass is 16.5. The number of carbonyl (C=O) groups is 1. The third-order valence-electron chi connectivity index (χ3n) is 2.62. The van der Waals surface area contributed by atoms with Crippen LogP contribution in [-0.4, -0.2) is 10.5 Å². The minimum Gasteiger partial charge on any atom is -0.444 e. The first-order chi connectivity index (χ1) is 8.09. The summed E-state index contributed by atoms with van der Waals surface area (Å²) in [5.41, 5.74) is 1.53. The second-order valence-electron chi connectivity index (χ2n) is 3.86. The van der Waals surface area contributed by atoms with E-state index in [9.17, 15) is 9.59 Å². The van der Waals surface area contributed by atoms with Crippen molar-refractivity contribution in [3.05, 3.63) is 46.2 Å². The maximum atomic E-state index is 11.8. The Balaban J connectivity index is 2.61. The van der Waals surface area contributed by atoms with Gasteiger partial charge in [-0.25, -0.2) is 0 Å². The van der Waals surface area contributed by atoms with Crippen LogP contribution in [0.4, 0.5) is 0 Å². The summed E-state index contributed by atoms with van der Waals surface area (Å²) < 4.78 is 6.78. The topological polar surface area (TPSA) is 48.3 Å². The van der Waals surface area contributed by atoms with Crippen molar-refractivity contribution in [2.75, 3.05) is 0 Å². The van der Waals surface area contributed by atoms with E-state index in [2.05, 4.69) is 0 Å². The summed E-state index contributed by atoms with van der Waals surface area (Å²) in [4.78, 5) is 22.6. The zero-order chi connectivity index (χ0) is 12.4. The van der Waals surface area contributed by atoms with Crippen LogP contribution in [0.25, 0.3) is 10.9 Å². The number of para-hydroxylation sites is 1. The zero-order valence-electron chi connectivity index (χ0n) is 9.77. The van der Waals surface area contributed by atoms with Crippen molar-refractivity contribution in [1.29, 1.82) is 0 Å². The minimum atomic E-state index is -0.341. The Hall–Kier alpha value is -2.10. The van der Waals surface area contributed by atoms with Gasteiger partial charge in [-0.15, -0.1) is 0 Å². The Labute approximate surface area is 98.4 Å². The molecule has 0 aliphatic rings. The number of fused-ring (bicyclic) bond motifs is 1. The number of nitrogens with zero attached hydrogens (tertiary/aromatic N) is 1. The quantitative estimate of drug-likeness (QED) is 0.741. The number of aryl methyl sites for hydroxylation is 1. The number of hydrogen-bond acceptors (Lipinski definition) is 3. The molecule has 0 aliphatic carbocycles. The summed E-state index contributed by atoms with van der Waals surface area (Å²) in [6.07, 6.45) is 0. The highest BCUT2D eigenvalue weighted by Crippen LogP contribution is 2.12. The van der Waals surface area contributed by atoms with E-state index in [0.29, 0.717) is 5.39 Å². The Bertz CT molecular complexity index is 628. The van der Waals surface area contributed by atoms with Gasteiger partial charge in [-0.05, 0) is 19.1 Å². The first-order valence-corrected chi connectivity index (χ1v) is 5.32. The van der Waals surface area contributed by atoms with E-state index >= 15 is 0 Å². The maximum absolute atomic E-state index is 11.8. The normalized spacial score (nSPS) is 10.5. The van der Waals surface area contributed by atoms with Crippen LogP contribution in [-0.2, 0) is 16.3 Å². The lowest BCUT2D eigenvalue weighted by atomic mass is 10.2. The van der Waals surface area contributed by atoms with Gasteiger partial charge < -0.3 is 9.30 Å². The monoisotopic (exact) mass is 231 g/mol. The maximum Gasteiger partial charge on any atom is 0.304 e. The number of aromatic nitrogens is 1. The Morgan fingerprint density at radius 1 is 1.35 bits per heavy atom. The number of hydrogen-bond donors (Lipinski definition) is 0. The molecule has 0 radical (unpaired) electrons. The van der Waals surface area contributed by atoms with Crippen molar-refractivity contribution in [3.8, 4) is 0 Å². The number of ether oxygens (including phenoxy) is 1. The highest BCUT2D eigenvalue weighted by molar-refractivity contribution is 5.79. The van der Waals surface area contributed by atoms with Crippen molar-refractivity contribution in [2.24, 2.45) is 0 Å². The molecule has 4 heteroatoms. The molecule has 1 aromatic carbocycles. The van der Waals surface area contributed by atoms with Crippen molar-refractivity contribution < 1.29 is 9.53 Å². The van der Waals surface area contributed by atoms with Gasteiger partial charge >= 0.3 is 5.97 Å². The van der Waals surface area contributed by atoms with Crippen LogP contribution in [0.5, 0.6) is 0 Å². The second-order valence-corrected chi connectivity index (χ2v) is 3.86. The van der Waals surface area contributed by atoms with Gasteiger partial charge in [0.05, 0.1) is 5.52 Å². The summed E-state index contributed by atoms with van der Waals surface area (Å²) in [7, 11) is 0. The van der Waals surface area contributed by atoms with E-state index in [0.717, 1.165) is 11.2 Å². The molecule has 1 aromatic heterocycles. The second kappa shape index (κ2) is 4.41. The molecule has 88 valence electrons. The van der Waals surface area contributed by atoms with Gasteiger partial charge in [0.1, 0.15) is 0 Å². The molecule has 1 heterocycles. The van der Waals surface area contributed by atoms with Crippen LogP contribution in [0, 0.1) is 6.92 Å². The van der Waals surface area contributed by atoms with Gasteiger partial charge in [0, 0.05) is 24.1 Å². The van der Waals surface area contributed by atoms with E-state index in [4.69, 9.17) is 4.74 Å². The first-order valence-electron chi connectivity index (χ1n) is 5.32. The molecule has 0 amide bonds. The van der Waals surface area contributed by atoms with E-state index in [-0.39, 0.29) is 18.1 Å². The number of benzene rings is 1. The molecule has 0 fully saturated rings. The molecule has 0 saturated heterocycles. The van der Waals surface area contributed by atoms with E-state index in [1.165, 1.54) is 6.92 Å². The number of pyridine rings is 1. The Morgan fingerprint density at radius 2 is 2.06 bits per heavy atom. The fraction of sp³-hybridized carbons (Fsp3) is 0.231. The standard InChI is InChI=1S/C13H13NO3/c1-9-7-13(16)11-5-3-4-6-12(11)14(9)8-17-10(2)15/h3-7H,8H2,1-2H3. The molecule has 0 spiro atoms. The smallest absolute Gasteiger partial charge is 0.304 e. The largest absolute Gasteiger partial charge is 0.444 e. The molecule has 2 aromatic rings. The first kappa shape index (κ1) is 11.4. The molecule has 0 bridgehead atoms. The van der Waals surface area contributed by atoms with Crippen LogP contribution >= 0.6 is 0 Å². The van der Waals surface area contributed by atoms with E-state index in [1.807, 2.05) is 25.1 Å². The third kappa shape index (κ3) is 2.20. The molecular weight excluding hydrogens is 218 g/mol. The van der Waals surface area contributed by atoms with Crippen molar-refractivity contribution in [3.63, 3.8) is 0 Å². The average Bonchev–Trinajstić information content (AvgIpc) is 2.28. The van der Waals surface area contributed by atoms with Crippen LogP contribution in [0.1, 0.15) is 12.6 Å². The Morgan fingerprint density at radius 3 is 2.76 bits per heavy atom. The van der Waals surface area contributed by atoms with Crippen molar-refractivity contribution in [1.82, 2.24) is 4.57 Å². The fourth-order valence-electron chi connectivity index (χ4n) is 1.78. The average molecular weight is 231 g/mol. The van der Waals surface area contributed by atoms with Crippen LogP contribution in [0.3, 0.4) is 0 Å². The van der Waals surface area contributed by atoms with Gasteiger partial charge in [0.2, 0.25) is 0 Å². The predicted octanol–water partition coefficient (Wildman–Crippen LogP) is 1.83. The van der Waals surface area contributed by atoms with Crippen LogP contribution in [0.15, 0.2) is 35.1 Å². The van der Waals surface area contributed by atoms with Gasteiger partial charge in [-0.2, -0.15) is 0 Å². The lowest BCUT2D eigenvalue weighted by Gasteiger charge is -2.13. The third-order valence-corrected chi connectivity index (χ3v) is 2.62. The lowest BCUT2D eigenvalue weighted by Crippen LogP contribution is -2.14. The zero-order valence-corrected chi connectivity index (χ0v) is 9.77. The molecule has 0 aliphatic heterocycles. The molecule has 4 nitrogen and oxygen atoms in total. The van der Waals surface area contributed by atoms with Gasteiger partial charge in [0.15, 0.2) is 12.2 Å². The van der Waals surface area contributed by atoms with E-state index < -0.39 is 0 Å². The molecule has 0 atom stereocenters. The molecule has 0 N–H and O–H groups in total. The predicted molar refractivity (Wildman–Crippen MR) is 64.7 cm³/mol. The summed E-state index contributed by atoms with van der Waals surface area (Å²) in [5, 5.41) is 0.630. The summed E-state index contributed by atoms with van der Waals surface area (Å²) in [6.45, 7) is 3.30. The van der Waals surface area contributed by atoms with Crippen LogP contribution in [0.2, 0.25) is 0 Å². The number of carbonyl (C=O) groups excluding carboxylic acids is 1. The minimum absolute atomic E-state index is 0.0165. The molecule has 17 heavy (non-hydrogen) atoms. The summed E-state index contributed by atoms with van der Waals surface area (Å²) in [5.74, 6) is -0.341.